The molecule has 1 aliphatic carbocycles. The van der Waals surface area contributed by atoms with Gasteiger partial charge in [0.15, 0.2) is 5.78 Å². The summed E-state index contributed by atoms with van der Waals surface area (Å²) >= 11 is 0. The highest BCUT2D eigenvalue weighted by Gasteiger charge is 2.22. The van der Waals surface area contributed by atoms with Crippen molar-refractivity contribution in [2.75, 3.05) is 0 Å². The van der Waals surface area contributed by atoms with Crippen molar-refractivity contribution in [2.24, 2.45) is 0 Å². The van der Waals surface area contributed by atoms with E-state index in [1.165, 1.54) is 6.92 Å². The van der Waals surface area contributed by atoms with Crippen LogP contribution in [0.4, 0.5) is 0 Å². The summed E-state index contributed by atoms with van der Waals surface area (Å²) in [7, 11) is 0. The summed E-state index contributed by atoms with van der Waals surface area (Å²) < 4.78 is 5.08. The Morgan fingerprint density at radius 1 is 1.53 bits per heavy atom. The average Bonchev–Trinajstić information content (AvgIpc) is 2.58. The minimum absolute atomic E-state index is 0.121. The Bertz CT molecular complexity index is 313. The van der Waals surface area contributed by atoms with Gasteiger partial charge in [-0.25, -0.2) is 0 Å². The van der Waals surface area contributed by atoms with E-state index in [9.17, 15) is 9.59 Å². The molecule has 0 aromatic rings. The monoisotopic (exact) mass is 208 g/mol. The first kappa shape index (κ1) is 11.7. The maximum atomic E-state index is 11.5. The van der Waals surface area contributed by atoms with Gasteiger partial charge in [0, 0.05) is 25.3 Å². The summed E-state index contributed by atoms with van der Waals surface area (Å²) in [6.07, 6.45) is 5.24. The van der Waals surface area contributed by atoms with Crippen molar-refractivity contribution in [3.63, 3.8) is 0 Å². The number of carbonyl (C=O) groups excluding carboxylic acids is 2. The van der Waals surface area contributed by atoms with Crippen LogP contribution in [0.25, 0.3) is 0 Å². The number of allylic oxidation sites excluding steroid dienone is 3. The predicted octanol–water partition coefficient (Wildman–Crippen LogP) is 2.52. The molecule has 0 heterocycles. The molecule has 1 saturated carbocycles. The summed E-state index contributed by atoms with van der Waals surface area (Å²) in [4.78, 5) is 22.4. The van der Waals surface area contributed by atoms with E-state index in [4.69, 9.17) is 4.74 Å². The second-order valence-corrected chi connectivity index (χ2v) is 3.60. The molecule has 82 valence electrons. The normalized spacial score (nSPS) is 18.9. The minimum Gasteiger partial charge on any atom is -0.431 e. The molecule has 0 aromatic carbocycles. The number of rotatable bonds is 4. The molecule has 0 atom stereocenters. The van der Waals surface area contributed by atoms with Crippen LogP contribution in [0.15, 0.2) is 24.0 Å². The Balaban J connectivity index is 2.81. The van der Waals surface area contributed by atoms with Crippen LogP contribution in [-0.2, 0) is 14.3 Å². The van der Waals surface area contributed by atoms with Crippen LogP contribution < -0.4 is 0 Å². The van der Waals surface area contributed by atoms with E-state index in [-0.39, 0.29) is 11.8 Å². The fourth-order valence-electron chi connectivity index (χ4n) is 1.68. The SMILES string of the molecule is C=CCCC(OC(C)=O)=C1CCCC1=O. The molecule has 1 fully saturated rings. The summed E-state index contributed by atoms with van der Waals surface area (Å²) in [6, 6.07) is 0. The van der Waals surface area contributed by atoms with Gasteiger partial charge in [-0.15, -0.1) is 6.58 Å². The van der Waals surface area contributed by atoms with E-state index in [1.807, 2.05) is 0 Å². The summed E-state index contributed by atoms with van der Waals surface area (Å²) in [5, 5.41) is 0. The first-order chi connectivity index (χ1) is 7.15. The molecule has 0 bridgehead atoms. The zero-order valence-corrected chi connectivity index (χ0v) is 9.04. The van der Waals surface area contributed by atoms with Crippen LogP contribution in [-0.4, -0.2) is 11.8 Å². The average molecular weight is 208 g/mol. The Hall–Kier alpha value is -1.38. The van der Waals surface area contributed by atoms with Crippen LogP contribution in [0.5, 0.6) is 0 Å². The van der Waals surface area contributed by atoms with Gasteiger partial charge in [0.05, 0.1) is 0 Å². The second kappa shape index (κ2) is 5.49. The molecule has 0 N–H and O–H groups in total. The van der Waals surface area contributed by atoms with Crippen molar-refractivity contribution in [1.82, 2.24) is 0 Å². The lowest BCUT2D eigenvalue weighted by atomic mass is 10.1. The van der Waals surface area contributed by atoms with Gasteiger partial charge in [0.25, 0.3) is 0 Å². The van der Waals surface area contributed by atoms with Gasteiger partial charge in [-0.1, -0.05) is 6.08 Å². The third-order valence-corrected chi connectivity index (χ3v) is 2.35. The minimum atomic E-state index is -0.360. The van der Waals surface area contributed by atoms with Crippen molar-refractivity contribution in [3.05, 3.63) is 24.0 Å². The van der Waals surface area contributed by atoms with Gasteiger partial charge in [-0.05, 0) is 19.3 Å². The summed E-state index contributed by atoms with van der Waals surface area (Å²) in [5.41, 5.74) is 0.701. The van der Waals surface area contributed by atoms with Crippen LogP contribution in [0.2, 0.25) is 0 Å². The van der Waals surface area contributed by atoms with E-state index in [0.29, 0.717) is 24.2 Å². The highest BCUT2D eigenvalue weighted by molar-refractivity contribution is 5.98. The number of Topliss-reactive ketones (excluding diaryl/α,β-unsaturated/α-hetero) is 1. The van der Waals surface area contributed by atoms with Gasteiger partial charge < -0.3 is 4.74 Å². The van der Waals surface area contributed by atoms with Crippen LogP contribution in [0, 0.1) is 0 Å². The smallest absolute Gasteiger partial charge is 0.307 e. The lowest BCUT2D eigenvalue weighted by Crippen LogP contribution is -2.05. The Morgan fingerprint density at radius 3 is 2.73 bits per heavy atom. The fraction of sp³-hybridized carbons (Fsp3) is 0.500. The molecule has 0 aliphatic heterocycles. The summed E-state index contributed by atoms with van der Waals surface area (Å²) in [5.74, 6) is 0.307. The van der Waals surface area contributed by atoms with Crippen LogP contribution in [0.3, 0.4) is 0 Å². The number of esters is 1. The molecule has 0 radical (unpaired) electrons. The van der Waals surface area contributed by atoms with Gasteiger partial charge in [0.2, 0.25) is 0 Å². The van der Waals surface area contributed by atoms with Crippen molar-refractivity contribution < 1.29 is 14.3 Å². The molecule has 0 saturated heterocycles. The molecular formula is C12H16O3. The number of hydrogen-bond donors (Lipinski definition) is 0. The Kier molecular flexibility index (Phi) is 4.28. The lowest BCUT2D eigenvalue weighted by molar-refractivity contribution is -0.137. The zero-order valence-electron chi connectivity index (χ0n) is 9.04. The van der Waals surface area contributed by atoms with E-state index < -0.39 is 0 Å². The second-order valence-electron chi connectivity index (χ2n) is 3.60. The van der Waals surface area contributed by atoms with Crippen molar-refractivity contribution in [2.45, 2.75) is 39.0 Å². The third kappa shape index (κ3) is 3.35. The molecule has 0 amide bonds. The van der Waals surface area contributed by atoms with Gasteiger partial charge in [0.1, 0.15) is 5.76 Å². The van der Waals surface area contributed by atoms with E-state index in [0.717, 1.165) is 19.3 Å². The largest absolute Gasteiger partial charge is 0.431 e. The lowest BCUT2D eigenvalue weighted by Gasteiger charge is -2.08. The number of carbonyl (C=O) groups is 2. The van der Waals surface area contributed by atoms with Crippen LogP contribution >= 0.6 is 0 Å². The Morgan fingerprint density at radius 2 is 2.27 bits per heavy atom. The highest BCUT2D eigenvalue weighted by atomic mass is 16.5. The van der Waals surface area contributed by atoms with E-state index in [2.05, 4.69) is 6.58 Å². The molecular weight excluding hydrogens is 192 g/mol. The molecule has 3 nitrogen and oxygen atoms in total. The first-order valence-electron chi connectivity index (χ1n) is 5.19. The Labute approximate surface area is 89.8 Å². The first-order valence-corrected chi connectivity index (χ1v) is 5.19. The molecule has 15 heavy (non-hydrogen) atoms. The zero-order chi connectivity index (χ0) is 11.3. The fourth-order valence-corrected chi connectivity index (χ4v) is 1.68. The maximum absolute atomic E-state index is 11.5. The molecule has 0 aromatic heterocycles. The number of hydrogen-bond acceptors (Lipinski definition) is 3. The number of ketones is 1. The summed E-state index contributed by atoms with van der Waals surface area (Å²) in [6.45, 7) is 4.96. The van der Waals surface area contributed by atoms with E-state index >= 15 is 0 Å². The molecule has 1 aliphatic rings. The number of ether oxygens (including phenoxy) is 1. The molecule has 0 spiro atoms. The maximum Gasteiger partial charge on any atom is 0.307 e. The standard InChI is InChI=1S/C12H16O3/c1-3-4-8-12(15-9(2)13)10-6-5-7-11(10)14/h3H,1,4-8H2,2H3. The van der Waals surface area contributed by atoms with Crippen LogP contribution in [0.1, 0.15) is 39.0 Å². The molecule has 3 heteroatoms. The van der Waals surface area contributed by atoms with Gasteiger partial charge >= 0.3 is 5.97 Å². The van der Waals surface area contributed by atoms with Crippen molar-refractivity contribution >= 4 is 11.8 Å². The predicted molar refractivity (Wildman–Crippen MR) is 57.1 cm³/mol. The van der Waals surface area contributed by atoms with Gasteiger partial charge in [-0.2, -0.15) is 0 Å². The molecule has 0 unspecified atom stereocenters. The quantitative estimate of drug-likeness (QED) is 0.308. The van der Waals surface area contributed by atoms with E-state index in [1.54, 1.807) is 6.08 Å². The highest BCUT2D eigenvalue weighted by Crippen LogP contribution is 2.26. The molecule has 1 rings (SSSR count). The topological polar surface area (TPSA) is 43.4 Å². The van der Waals surface area contributed by atoms with Gasteiger partial charge in [-0.3, -0.25) is 9.59 Å². The van der Waals surface area contributed by atoms with Crippen molar-refractivity contribution in [1.29, 1.82) is 0 Å². The third-order valence-electron chi connectivity index (χ3n) is 2.35. The van der Waals surface area contributed by atoms with Crippen molar-refractivity contribution in [3.8, 4) is 0 Å².